The van der Waals surface area contributed by atoms with Crippen LogP contribution in [0.25, 0.3) is 0 Å². The van der Waals surface area contributed by atoms with Gasteiger partial charge < -0.3 is 20.7 Å². The summed E-state index contributed by atoms with van der Waals surface area (Å²) >= 11 is 0. The quantitative estimate of drug-likeness (QED) is 0.748. The molecule has 1 fully saturated rings. The molecule has 0 radical (unpaired) electrons. The van der Waals surface area contributed by atoms with Gasteiger partial charge in [-0.3, -0.25) is 9.59 Å². The second-order valence-electron chi connectivity index (χ2n) is 4.97. The number of amides is 2. The Hall–Kier alpha value is -1.92. The Kier molecular flexibility index (Phi) is 5.71. The largest absolute Gasteiger partial charge is 0.368 e. The van der Waals surface area contributed by atoms with Crippen LogP contribution >= 0.6 is 0 Å². The SMILES string of the molecule is CNC(=O)c1ccc(NC(=O)COC2CCNCC2)cc1. The molecule has 6 heteroatoms. The van der Waals surface area contributed by atoms with Gasteiger partial charge in [0.2, 0.25) is 5.91 Å². The fraction of sp³-hybridized carbons (Fsp3) is 0.467. The van der Waals surface area contributed by atoms with Gasteiger partial charge in [-0.2, -0.15) is 0 Å². The van der Waals surface area contributed by atoms with E-state index in [0.717, 1.165) is 25.9 Å². The molecule has 1 aliphatic heterocycles. The van der Waals surface area contributed by atoms with E-state index in [9.17, 15) is 9.59 Å². The van der Waals surface area contributed by atoms with Crippen molar-refractivity contribution in [2.45, 2.75) is 18.9 Å². The average Bonchev–Trinajstić information content (AvgIpc) is 2.54. The minimum Gasteiger partial charge on any atom is -0.368 e. The Morgan fingerprint density at radius 1 is 1.24 bits per heavy atom. The molecule has 1 aliphatic rings. The lowest BCUT2D eigenvalue weighted by Gasteiger charge is -2.22. The molecule has 1 aromatic carbocycles. The third-order valence-electron chi connectivity index (χ3n) is 3.39. The van der Waals surface area contributed by atoms with Crippen molar-refractivity contribution in [3.63, 3.8) is 0 Å². The van der Waals surface area contributed by atoms with Gasteiger partial charge >= 0.3 is 0 Å². The molecule has 21 heavy (non-hydrogen) atoms. The maximum Gasteiger partial charge on any atom is 0.251 e. The van der Waals surface area contributed by atoms with Gasteiger partial charge in [0.1, 0.15) is 6.61 Å². The van der Waals surface area contributed by atoms with Gasteiger partial charge in [0.05, 0.1) is 6.10 Å². The number of ether oxygens (including phenoxy) is 1. The number of carbonyl (C=O) groups excluding carboxylic acids is 2. The van der Waals surface area contributed by atoms with E-state index in [2.05, 4.69) is 16.0 Å². The molecule has 0 bridgehead atoms. The van der Waals surface area contributed by atoms with Crippen molar-refractivity contribution >= 4 is 17.5 Å². The molecule has 3 N–H and O–H groups in total. The molecule has 2 rings (SSSR count). The summed E-state index contributed by atoms with van der Waals surface area (Å²) in [6.45, 7) is 1.93. The molecule has 2 amide bonds. The Labute approximate surface area is 124 Å². The first kappa shape index (κ1) is 15.5. The van der Waals surface area contributed by atoms with Crippen LogP contribution in [-0.2, 0) is 9.53 Å². The number of hydrogen-bond acceptors (Lipinski definition) is 4. The van der Waals surface area contributed by atoms with Crippen molar-refractivity contribution in [3.05, 3.63) is 29.8 Å². The highest BCUT2D eigenvalue weighted by molar-refractivity contribution is 5.95. The van der Waals surface area contributed by atoms with Crippen LogP contribution in [-0.4, -0.2) is 44.7 Å². The molecule has 0 aromatic heterocycles. The predicted octanol–water partition coefficient (Wildman–Crippen LogP) is 0.753. The molecule has 1 heterocycles. The van der Waals surface area contributed by atoms with Crippen LogP contribution in [0, 0.1) is 0 Å². The number of piperidine rings is 1. The van der Waals surface area contributed by atoms with Gasteiger partial charge in [-0.25, -0.2) is 0 Å². The average molecular weight is 291 g/mol. The van der Waals surface area contributed by atoms with Gasteiger partial charge in [-0.05, 0) is 50.2 Å². The van der Waals surface area contributed by atoms with Gasteiger partial charge in [-0.1, -0.05) is 0 Å². The van der Waals surface area contributed by atoms with Crippen LogP contribution in [0.15, 0.2) is 24.3 Å². The number of benzene rings is 1. The van der Waals surface area contributed by atoms with Gasteiger partial charge in [0.15, 0.2) is 0 Å². The summed E-state index contributed by atoms with van der Waals surface area (Å²) in [5.74, 6) is -0.330. The van der Waals surface area contributed by atoms with Crippen molar-refractivity contribution in [3.8, 4) is 0 Å². The van der Waals surface area contributed by atoms with Crippen molar-refractivity contribution in [1.29, 1.82) is 0 Å². The van der Waals surface area contributed by atoms with Crippen LogP contribution in [0.3, 0.4) is 0 Å². The Morgan fingerprint density at radius 2 is 1.90 bits per heavy atom. The Balaban J connectivity index is 1.77. The number of nitrogens with one attached hydrogen (secondary N) is 3. The molecule has 0 aliphatic carbocycles. The van der Waals surface area contributed by atoms with E-state index in [1.54, 1.807) is 31.3 Å². The molecular formula is C15H21N3O3. The summed E-state index contributed by atoms with van der Waals surface area (Å²) < 4.78 is 5.58. The smallest absolute Gasteiger partial charge is 0.251 e. The van der Waals surface area contributed by atoms with E-state index in [-0.39, 0.29) is 24.5 Å². The number of hydrogen-bond donors (Lipinski definition) is 3. The zero-order valence-electron chi connectivity index (χ0n) is 12.1. The van der Waals surface area contributed by atoms with Crippen molar-refractivity contribution in [2.75, 3.05) is 32.1 Å². The highest BCUT2D eigenvalue weighted by atomic mass is 16.5. The molecule has 1 aromatic rings. The van der Waals surface area contributed by atoms with Crippen molar-refractivity contribution in [1.82, 2.24) is 10.6 Å². The minimum absolute atomic E-state index is 0.0574. The molecule has 114 valence electrons. The molecule has 0 atom stereocenters. The van der Waals surface area contributed by atoms with Crippen LogP contribution in [0.5, 0.6) is 0 Å². The summed E-state index contributed by atoms with van der Waals surface area (Å²) in [5.41, 5.74) is 1.21. The van der Waals surface area contributed by atoms with Crippen LogP contribution in [0.1, 0.15) is 23.2 Å². The molecule has 0 unspecified atom stereocenters. The minimum atomic E-state index is -0.179. The topological polar surface area (TPSA) is 79.5 Å². The first-order chi connectivity index (χ1) is 10.2. The van der Waals surface area contributed by atoms with Gasteiger partial charge in [0, 0.05) is 18.3 Å². The van der Waals surface area contributed by atoms with E-state index < -0.39 is 0 Å². The molecule has 0 saturated carbocycles. The lowest BCUT2D eigenvalue weighted by Crippen LogP contribution is -2.34. The maximum absolute atomic E-state index is 11.8. The first-order valence-corrected chi connectivity index (χ1v) is 7.13. The molecule has 0 spiro atoms. The fourth-order valence-corrected chi connectivity index (χ4v) is 2.20. The number of carbonyl (C=O) groups is 2. The first-order valence-electron chi connectivity index (χ1n) is 7.13. The predicted molar refractivity (Wildman–Crippen MR) is 80.3 cm³/mol. The van der Waals surface area contributed by atoms with E-state index in [1.165, 1.54) is 0 Å². The van der Waals surface area contributed by atoms with E-state index in [4.69, 9.17) is 4.74 Å². The summed E-state index contributed by atoms with van der Waals surface area (Å²) in [7, 11) is 1.58. The highest BCUT2D eigenvalue weighted by Crippen LogP contribution is 2.10. The van der Waals surface area contributed by atoms with E-state index in [0.29, 0.717) is 11.3 Å². The molecular weight excluding hydrogens is 270 g/mol. The second-order valence-corrected chi connectivity index (χ2v) is 4.97. The van der Waals surface area contributed by atoms with Gasteiger partial charge in [0.25, 0.3) is 5.91 Å². The van der Waals surface area contributed by atoms with Crippen LogP contribution < -0.4 is 16.0 Å². The Bertz CT molecular complexity index is 481. The zero-order valence-corrected chi connectivity index (χ0v) is 12.1. The number of anilines is 1. The Morgan fingerprint density at radius 3 is 2.52 bits per heavy atom. The lowest BCUT2D eigenvalue weighted by molar-refractivity contribution is -0.123. The van der Waals surface area contributed by atoms with Crippen LogP contribution in [0.2, 0.25) is 0 Å². The van der Waals surface area contributed by atoms with E-state index >= 15 is 0 Å². The van der Waals surface area contributed by atoms with Crippen molar-refractivity contribution in [2.24, 2.45) is 0 Å². The fourth-order valence-electron chi connectivity index (χ4n) is 2.20. The molecule has 6 nitrogen and oxygen atoms in total. The zero-order chi connectivity index (χ0) is 15.1. The third kappa shape index (κ3) is 4.84. The third-order valence-corrected chi connectivity index (χ3v) is 3.39. The maximum atomic E-state index is 11.8. The summed E-state index contributed by atoms with van der Waals surface area (Å²) in [5, 5.41) is 8.55. The highest BCUT2D eigenvalue weighted by Gasteiger charge is 2.14. The molecule has 1 saturated heterocycles. The summed E-state index contributed by atoms with van der Waals surface area (Å²) in [6, 6.07) is 6.74. The standard InChI is InChI=1S/C15H21N3O3/c1-16-15(20)11-2-4-12(5-3-11)18-14(19)10-21-13-6-8-17-9-7-13/h2-5,13,17H,6-10H2,1H3,(H,16,20)(H,18,19). The lowest BCUT2D eigenvalue weighted by atomic mass is 10.1. The normalized spacial score (nSPS) is 15.5. The van der Waals surface area contributed by atoms with Crippen molar-refractivity contribution < 1.29 is 14.3 Å². The van der Waals surface area contributed by atoms with Gasteiger partial charge in [-0.15, -0.1) is 0 Å². The summed E-state index contributed by atoms with van der Waals surface area (Å²) in [4.78, 5) is 23.2. The monoisotopic (exact) mass is 291 g/mol. The van der Waals surface area contributed by atoms with E-state index in [1.807, 2.05) is 0 Å². The number of rotatable bonds is 5. The second kappa shape index (κ2) is 7.75. The van der Waals surface area contributed by atoms with Crippen LogP contribution in [0.4, 0.5) is 5.69 Å². The summed E-state index contributed by atoms with van der Waals surface area (Å²) in [6.07, 6.45) is 2.04.